The van der Waals surface area contributed by atoms with E-state index < -0.39 is 0 Å². The molecule has 0 amide bonds. The Hall–Kier alpha value is -2.17. The maximum absolute atomic E-state index is 2.92. The molecule has 1 aliphatic rings. The van der Waals surface area contributed by atoms with Crippen molar-refractivity contribution in [1.29, 1.82) is 0 Å². The van der Waals surface area contributed by atoms with Gasteiger partial charge in [-0.1, -0.05) is 0 Å². The number of hydrogen-bond acceptors (Lipinski definition) is 0. The third-order valence-electron chi connectivity index (χ3n) is 2.41. The second-order valence-electron chi connectivity index (χ2n) is 4.24. The third kappa shape index (κ3) is 16.2. The van der Waals surface area contributed by atoms with Crippen LogP contribution in [0.1, 0.15) is 6.42 Å². The van der Waals surface area contributed by atoms with Crippen LogP contribution < -0.4 is 0 Å². The van der Waals surface area contributed by atoms with Crippen molar-refractivity contribution in [2.24, 2.45) is 0 Å². The smallest absolute Gasteiger partial charge is 0.256 e. The van der Waals surface area contributed by atoms with Gasteiger partial charge in [-0.25, -0.2) is 12.2 Å². The molecule has 4 rings (SSSR count). The Bertz CT molecular complexity index is 436. The van der Waals surface area contributed by atoms with Crippen molar-refractivity contribution >= 4 is 0 Å². The van der Waals surface area contributed by atoms with Crippen molar-refractivity contribution in [2.45, 2.75) is 6.42 Å². The Morgan fingerprint density at radius 3 is 0.958 bits per heavy atom. The number of rotatable bonds is 0. The van der Waals surface area contributed by atoms with Crippen molar-refractivity contribution in [3.05, 3.63) is 133 Å². The summed E-state index contributed by atoms with van der Waals surface area (Å²) in [7, 11) is 0. The molecule has 3 aromatic carbocycles. The summed E-state index contributed by atoms with van der Waals surface area (Å²) in [6.45, 7) is 0. The molecule has 0 nitrogen and oxygen atoms in total. The summed E-state index contributed by atoms with van der Waals surface area (Å²) >= 11 is 0. The summed E-state index contributed by atoms with van der Waals surface area (Å²) in [5, 5.41) is 0. The number of hydrogen-bond donors (Lipinski definition) is 0. The minimum atomic E-state index is 0. The van der Waals surface area contributed by atoms with Crippen molar-refractivity contribution in [3.63, 3.8) is 0 Å². The van der Waals surface area contributed by atoms with Crippen molar-refractivity contribution in [1.82, 2.24) is 0 Å². The summed E-state index contributed by atoms with van der Waals surface area (Å²) < 4.78 is 0. The van der Waals surface area contributed by atoms with Gasteiger partial charge in [-0.15, -0.1) is 6.42 Å². The molecule has 0 bridgehead atoms. The van der Waals surface area contributed by atoms with Crippen LogP contribution in [-0.4, -0.2) is 0 Å². The summed E-state index contributed by atoms with van der Waals surface area (Å²) in [4.78, 5) is 0. The van der Waals surface area contributed by atoms with Crippen LogP contribution in [0, 0.1) is 24.3 Å². The first kappa shape index (κ1) is 21.8. The van der Waals surface area contributed by atoms with Gasteiger partial charge < -0.3 is 0 Å². The molecular weight excluding hydrogens is 471 g/mol. The molecule has 1 heteroatoms. The first-order valence-corrected chi connectivity index (χ1v) is 7.46. The second-order valence-corrected chi connectivity index (χ2v) is 4.24. The van der Waals surface area contributed by atoms with Gasteiger partial charge in [0.15, 0.2) is 0 Å². The van der Waals surface area contributed by atoms with Gasteiger partial charge in [0.25, 0.3) is 0 Å². The molecule has 0 spiro atoms. The maximum atomic E-state index is 2.92. The third-order valence-corrected chi connectivity index (χ3v) is 2.41. The van der Waals surface area contributed by atoms with Crippen LogP contribution in [0.25, 0.3) is 0 Å². The average molecular weight is 491 g/mol. The second kappa shape index (κ2) is 18.9. The zero-order valence-electron chi connectivity index (χ0n) is 13.4. The molecule has 0 aliphatic heterocycles. The molecule has 3 aromatic rings. The van der Waals surface area contributed by atoms with Gasteiger partial charge in [0.1, 0.15) is 0 Å². The van der Waals surface area contributed by atoms with E-state index in [1.54, 1.807) is 0 Å². The largest absolute Gasteiger partial charge is 4.00 e. The van der Waals surface area contributed by atoms with Crippen LogP contribution in [0.3, 0.4) is 0 Å². The van der Waals surface area contributed by atoms with E-state index in [1.165, 1.54) is 0 Å². The summed E-state index contributed by atoms with van der Waals surface area (Å²) in [6.07, 6.45) is 10.0. The molecule has 0 fully saturated rings. The van der Waals surface area contributed by atoms with Gasteiger partial charge in [0.2, 0.25) is 0 Å². The summed E-state index contributed by atoms with van der Waals surface area (Å²) in [5.41, 5.74) is 0. The van der Waals surface area contributed by atoms with Gasteiger partial charge in [-0.05, 0) is 0 Å². The van der Waals surface area contributed by atoms with Gasteiger partial charge >= 0.3 is 21.1 Å². The molecule has 0 atom stereocenters. The predicted octanol–water partition coefficient (Wildman–Crippen LogP) is 5.76. The van der Waals surface area contributed by atoms with E-state index in [2.05, 4.69) is 30.4 Å². The summed E-state index contributed by atoms with van der Waals surface area (Å²) in [6, 6.07) is 37.5. The van der Waals surface area contributed by atoms with Crippen LogP contribution in [-0.2, 0) is 21.1 Å². The van der Waals surface area contributed by atoms with Gasteiger partial charge in [-0.2, -0.15) is 115 Å². The fraction of sp³-hybridized carbons (Fsp3) is 0.0435. The number of allylic oxidation sites excluding steroid dienone is 4. The van der Waals surface area contributed by atoms with Gasteiger partial charge in [0.05, 0.1) is 0 Å². The Balaban J connectivity index is 0.000000291. The zero-order chi connectivity index (χ0) is 16.3. The molecule has 24 heavy (non-hydrogen) atoms. The van der Waals surface area contributed by atoms with Crippen LogP contribution in [0.5, 0.6) is 0 Å². The van der Waals surface area contributed by atoms with Gasteiger partial charge in [-0.3, -0.25) is 6.08 Å². The van der Waals surface area contributed by atoms with Crippen molar-refractivity contribution in [3.8, 4) is 0 Å². The quantitative estimate of drug-likeness (QED) is 0.351. The van der Waals surface area contributed by atoms with E-state index in [-0.39, 0.29) is 21.1 Å². The first-order chi connectivity index (χ1) is 11.5. The topological polar surface area (TPSA) is 0 Å². The van der Waals surface area contributed by atoms with Gasteiger partial charge in [0, 0.05) is 0 Å². The molecule has 0 heterocycles. The molecule has 0 saturated heterocycles. The predicted molar refractivity (Wildman–Crippen MR) is 97.4 cm³/mol. The Morgan fingerprint density at radius 1 is 0.500 bits per heavy atom. The van der Waals surface area contributed by atoms with E-state index >= 15 is 0 Å². The Kier molecular flexibility index (Phi) is 17.2. The van der Waals surface area contributed by atoms with E-state index in [0.717, 1.165) is 6.42 Å². The Morgan fingerprint density at radius 2 is 0.875 bits per heavy atom. The molecule has 0 aromatic heterocycles. The maximum Gasteiger partial charge on any atom is 4.00 e. The molecular formula is C23H20Pt. The fourth-order valence-corrected chi connectivity index (χ4v) is 1.37. The molecule has 0 N–H and O–H groups in total. The van der Waals surface area contributed by atoms with Crippen LogP contribution in [0.15, 0.2) is 109 Å². The van der Waals surface area contributed by atoms with Crippen LogP contribution in [0.2, 0.25) is 0 Å². The standard InChI is InChI=1S/3C6H5.C5H5.Pt/c3*1-2-4-6-5-3-1;1-2-4-5-3-1;/h3*1-5H;1-2,5H,3H2;/q4*-1;+4. The molecule has 0 radical (unpaired) electrons. The van der Waals surface area contributed by atoms with E-state index in [4.69, 9.17) is 0 Å². The zero-order valence-corrected chi connectivity index (χ0v) is 15.7. The van der Waals surface area contributed by atoms with E-state index in [1.807, 2.05) is 103 Å². The summed E-state index contributed by atoms with van der Waals surface area (Å²) in [5.74, 6) is 0. The average Bonchev–Trinajstić information content (AvgIpc) is 3.27. The van der Waals surface area contributed by atoms with E-state index in [0.29, 0.717) is 0 Å². The Labute approximate surface area is 160 Å². The minimum absolute atomic E-state index is 0. The fourth-order valence-electron chi connectivity index (χ4n) is 1.37. The molecule has 0 saturated carbocycles. The first-order valence-electron chi connectivity index (χ1n) is 7.46. The molecule has 122 valence electrons. The monoisotopic (exact) mass is 491 g/mol. The van der Waals surface area contributed by atoms with E-state index in [9.17, 15) is 0 Å². The molecule has 0 unspecified atom stereocenters. The van der Waals surface area contributed by atoms with Crippen LogP contribution >= 0.6 is 0 Å². The number of benzene rings is 3. The molecule has 1 aliphatic carbocycles. The SMILES string of the molecule is [C-]1=CCC=C1.[Pt+4].[c-]1ccccc1.[c-]1ccccc1.[c-]1ccccc1. The van der Waals surface area contributed by atoms with Crippen molar-refractivity contribution in [2.75, 3.05) is 0 Å². The normalized spacial score (nSPS) is 9.67. The van der Waals surface area contributed by atoms with Crippen molar-refractivity contribution < 1.29 is 21.1 Å². The van der Waals surface area contributed by atoms with Crippen LogP contribution in [0.4, 0.5) is 0 Å². The minimum Gasteiger partial charge on any atom is -0.256 e.